The number of hydrogen-bond donors (Lipinski definition) is 0. The predicted molar refractivity (Wildman–Crippen MR) is 93.5 cm³/mol. The summed E-state index contributed by atoms with van der Waals surface area (Å²) in [5.74, 6) is 1.04. The minimum Gasteiger partial charge on any atom is -0.324 e. The van der Waals surface area contributed by atoms with E-state index in [0.717, 1.165) is 11.3 Å². The van der Waals surface area contributed by atoms with Gasteiger partial charge in [0.05, 0.1) is 16.4 Å². The average Bonchev–Trinajstić information content (AvgIpc) is 2.59. The van der Waals surface area contributed by atoms with Gasteiger partial charge in [-0.3, -0.25) is 0 Å². The van der Waals surface area contributed by atoms with Crippen LogP contribution in [0.15, 0.2) is 18.2 Å². The largest absolute Gasteiger partial charge is 0.324 e. The lowest BCUT2D eigenvalue weighted by molar-refractivity contribution is 0.440. The van der Waals surface area contributed by atoms with E-state index in [1.54, 1.807) is 0 Å². The zero-order valence-corrected chi connectivity index (χ0v) is 14.7. The Labute approximate surface area is 139 Å². The molecule has 0 N–H and O–H groups in total. The first-order valence-corrected chi connectivity index (χ1v) is 9.00. The SMILES string of the molecule is CC(Cl)c1nc2cc(I)ccc2n1C1CCCCCC1. The Bertz CT molecular complexity index is 598. The molecule has 1 aromatic heterocycles. The van der Waals surface area contributed by atoms with Gasteiger partial charge < -0.3 is 4.57 Å². The van der Waals surface area contributed by atoms with Crippen molar-refractivity contribution in [2.75, 3.05) is 0 Å². The molecule has 1 aliphatic carbocycles. The molecule has 0 saturated heterocycles. The van der Waals surface area contributed by atoms with Crippen LogP contribution in [0.4, 0.5) is 0 Å². The molecule has 1 aromatic carbocycles. The van der Waals surface area contributed by atoms with Crippen molar-refractivity contribution in [1.29, 1.82) is 0 Å². The van der Waals surface area contributed by atoms with Gasteiger partial charge in [-0.15, -0.1) is 11.6 Å². The topological polar surface area (TPSA) is 17.8 Å². The van der Waals surface area contributed by atoms with Crippen molar-refractivity contribution >= 4 is 45.2 Å². The lowest BCUT2D eigenvalue weighted by atomic mass is 10.1. The normalized spacial score (nSPS) is 19.1. The molecule has 2 nitrogen and oxygen atoms in total. The van der Waals surface area contributed by atoms with Crippen molar-refractivity contribution < 1.29 is 0 Å². The highest BCUT2D eigenvalue weighted by atomic mass is 127. The molecule has 1 aliphatic rings. The minimum atomic E-state index is -0.0386. The van der Waals surface area contributed by atoms with Gasteiger partial charge in [0.2, 0.25) is 0 Å². The van der Waals surface area contributed by atoms with Crippen molar-refractivity contribution in [3.63, 3.8) is 0 Å². The van der Waals surface area contributed by atoms with E-state index < -0.39 is 0 Å². The maximum atomic E-state index is 6.39. The van der Waals surface area contributed by atoms with Crippen molar-refractivity contribution in [3.8, 4) is 0 Å². The lowest BCUT2D eigenvalue weighted by Gasteiger charge is -2.21. The van der Waals surface area contributed by atoms with Crippen LogP contribution in [0.1, 0.15) is 62.7 Å². The number of rotatable bonds is 2. The lowest BCUT2D eigenvalue weighted by Crippen LogP contribution is -2.12. The number of hydrogen-bond acceptors (Lipinski definition) is 1. The first kappa shape index (κ1) is 14.6. The Kier molecular flexibility index (Phi) is 4.55. The van der Waals surface area contributed by atoms with Gasteiger partial charge in [-0.25, -0.2) is 4.98 Å². The van der Waals surface area contributed by atoms with E-state index in [2.05, 4.69) is 45.4 Å². The van der Waals surface area contributed by atoms with Gasteiger partial charge in [0.1, 0.15) is 5.82 Å². The van der Waals surface area contributed by atoms with Gasteiger partial charge in [0.25, 0.3) is 0 Å². The monoisotopic (exact) mass is 402 g/mol. The fourth-order valence-electron chi connectivity index (χ4n) is 3.27. The number of halogens is 2. The zero-order valence-electron chi connectivity index (χ0n) is 11.8. The number of nitrogens with zero attached hydrogens (tertiary/aromatic N) is 2. The molecule has 1 fully saturated rings. The molecule has 20 heavy (non-hydrogen) atoms. The van der Waals surface area contributed by atoms with E-state index in [9.17, 15) is 0 Å². The number of aromatic nitrogens is 2. The highest BCUT2D eigenvalue weighted by Crippen LogP contribution is 2.35. The molecule has 0 spiro atoms. The third kappa shape index (κ3) is 2.84. The molecule has 1 heterocycles. The molecule has 1 saturated carbocycles. The molecule has 2 aromatic rings. The summed E-state index contributed by atoms with van der Waals surface area (Å²) in [6.45, 7) is 2.03. The summed E-state index contributed by atoms with van der Waals surface area (Å²) < 4.78 is 3.66. The maximum absolute atomic E-state index is 6.39. The summed E-state index contributed by atoms with van der Waals surface area (Å²) in [4.78, 5) is 4.81. The second-order valence-electron chi connectivity index (χ2n) is 5.73. The summed E-state index contributed by atoms with van der Waals surface area (Å²) in [6.07, 6.45) is 7.90. The Morgan fingerprint density at radius 3 is 2.60 bits per heavy atom. The third-order valence-corrected chi connectivity index (χ3v) is 5.09. The van der Waals surface area contributed by atoms with E-state index in [1.807, 2.05) is 6.92 Å². The van der Waals surface area contributed by atoms with Gasteiger partial charge in [0.15, 0.2) is 0 Å². The van der Waals surface area contributed by atoms with Crippen LogP contribution in [0.2, 0.25) is 0 Å². The number of imidazole rings is 1. The van der Waals surface area contributed by atoms with Gasteiger partial charge in [0, 0.05) is 9.61 Å². The van der Waals surface area contributed by atoms with E-state index in [4.69, 9.17) is 16.6 Å². The molecular weight excluding hydrogens is 383 g/mol. The van der Waals surface area contributed by atoms with Crippen LogP contribution in [0.3, 0.4) is 0 Å². The molecule has 1 atom stereocenters. The molecule has 108 valence electrons. The molecule has 0 bridgehead atoms. The summed E-state index contributed by atoms with van der Waals surface area (Å²) in [5.41, 5.74) is 2.34. The summed E-state index contributed by atoms with van der Waals surface area (Å²) >= 11 is 8.74. The fraction of sp³-hybridized carbons (Fsp3) is 0.562. The molecule has 1 unspecified atom stereocenters. The second kappa shape index (κ2) is 6.22. The van der Waals surface area contributed by atoms with Gasteiger partial charge in [-0.2, -0.15) is 0 Å². The first-order valence-electron chi connectivity index (χ1n) is 7.48. The van der Waals surface area contributed by atoms with Crippen LogP contribution in [0.5, 0.6) is 0 Å². The van der Waals surface area contributed by atoms with Crippen LogP contribution < -0.4 is 0 Å². The van der Waals surface area contributed by atoms with Gasteiger partial charge >= 0.3 is 0 Å². The van der Waals surface area contributed by atoms with E-state index in [-0.39, 0.29) is 5.38 Å². The molecule has 0 amide bonds. The van der Waals surface area contributed by atoms with Crippen LogP contribution >= 0.6 is 34.2 Å². The second-order valence-corrected chi connectivity index (χ2v) is 7.63. The van der Waals surface area contributed by atoms with Crippen molar-refractivity contribution in [3.05, 3.63) is 27.6 Å². The van der Waals surface area contributed by atoms with E-state index in [1.165, 1.54) is 47.6 Å². The zero-order chi connectivity index (χ0) is 14.1. The van der Waals surface area contributed by atoms with Crippen molar-refractivity contribution in [2.24, 2.45) is 0 Å². The Morgan fingerprint density at radius 2 is 1.95 bits per heavy atom. The van der Waals surface area contributed by atoms with E-state index in [0.29, 0.717) is 6.04 Å². The van der Waals surface area contributed by atoms with Crippen LogP contribution in [-0.2, 0) is 0 Å². The van der Waals surface area contributed by atoms with Crippen molar-refractivity contribution in [2.45, 2.75) is 56.9 Å². The van der Waals surface area contributed by atoms with Crippen LogP contribution in [0, 0.1) is 3.57 Å². The van der Waals surface area contributed by atoms with Gasteiger partial charge in [-0.1, -0.05) is 25.7 Å². The standard InChI is InChI=1S/C16H20ClIN2/c1-11(17)16-19-14-10-12(18)8-9-15(14)20(16)13-6-4-2-3-5-7-13/h8-11,13H,2-7H2,1H3. The highest BCUT2D eigenvalue weighted by Gasteiger charge is 2.22. The smallest absolute Gasteiger partial charge is 0.127 e. The average molecular weight is 403 g/mol. The van der Waals surface area contributed by atoms with E-state index >= 15 is 0 Å². The molecular formula is C16H20ClIN2. The number of fused-ring (bicyclic) bond motifs is 1. The summed E-state index contributed by atoms with van der Waals surface area (Å²) in [5, 5.41) is -0.0386. The van der Waals surface area contributed by atoms with Crippen LogP contribution in [0.25, 0.3) is 11.0 Å². The Hall–Kier alpha value is -0.290. The first-order chi connectivity index (χ1) is 9.66. The maximum Gasteiger partial charge on any atom is 0.127 e. The number of alkyl halides is 1. The molecule has 4 heteroatoms. The number of benzene rings is 1. The quantitative estimate of drug-likeness (QED) is 0.351. The third-order valence-electron chi connectivity index (χ3n) is 4.22. The minimum absolute atomic E-state index is 0.0386. The predicted octanol–water partition coefficient (Wildman–Crippen LogP) is 5.84. The Balaban J connectivity index is 2.12. The summed E-state index contributed by atoms with van der Waals surface area (Å²) in [7, 11) is 0. The van der Waals surface area contributed by atoms with Crippen LogP contribution in [-0.4, -0.2) is 9.55 Å². The van der Waals surface area contributed by atoms with Crippen molar-refractivity contribution in [1.82, 2.24) is 9.55 Å². The molecule has 0 aliphatic heterocycles. The summed E-state index contributed by atoms with van der Waals surface area (Å²) in [6, 6.07) is 7.10. The highest BCUT2D eigenvalue weighted by molar-refractivity contribution is 14.1. The Morgan fingerprint density at radius 1 is 1.25 bits per heavy atom. The fourth-order valence-corrected chi connectivity index (χ4v) is 3.90. The molecule has 3 rings (SSSR count). The van der Waals surface area contributed by atoms with Gasteiger partial charge in [-0.05, 0) is 60.6 Å². The molecule has 0 radical (unpaired) electrons.